The number of hydrogen-bond acceptors (Lipinski definition) is 5. The molecule has 11 heteroatoms. The highest BCUT2D eigenvalue weighted by molar-refractivity contribution is 7.98. The van der Waals surface area contributed by atoms with Gasteiger partial charge in [-0.05, 0) is 18.4 Å². The van der Waals surface area contributed by atoms with Gasteiger partial charge in [0.05, 0.1) is 26.7 Å². The van der Waals surface area contributed by atoms with Crippen LogP contribution in [0.1, 0.15) is 11.3 Å². The lowest BCUT2D eigenvalue weighted by atomic mass is 10.2. The smallest absolute Gasteiger partial charge is 0.411 e. The van der Waals surface area contributed by atoms with Crippen LogP contribution in [-0.2, 0) is 6.18 Å². The van der Waals surface area contributed by atoms with E-state index in [-0.39, 0.29) is 27.2 Å². The van der Waals surface area contributed by atoms with Crippen molar-refractivity contribution in [3.8, 4) is 5.69 Å². The normalized spacial score (nSPS) is 12.3. The second kappa shape index (κ2) is 6.50. The van der Waals surface area contributed by atoms with Crippen molar-refractivity contribution in [2.75, 3.05) is 12.0 Å². The van der Waals surface area contributed by atoms with Crippen LogP contribution in [0.25, 0.3) is 5.69 Å². The van der Waals surface area contributed by atoms with E-state index in [2.05, 4.69) is 10.3 Å². The Morgan fingerprint density at radius 2 is 1.91 bits per heavy atom. The zero-order valence-corrected chi connectivity index (χ0v) is 13.7. The predicted octanol–water partition coefficient (Wildman–Crippen LogP) is 4.31. The van der Waals surface area contributed by atoms with Crippen molar-refractivity contribution < 1.29 is 18.4 Å². The number of nitrogens with zero attached hydrogens (tertiary/aromatic N) is 3. The van der Waals surface area contributed by atoms with Gasteiger partial charge < -0.3 is 10.9 Å². The summed E-state index contributed by atoms with van der Waals surface area (Å²) < 4.78 is 39.4. The first-order chi connectivity index (χ1) is 10.7. The van der Waals surface area contributed by atoms with E-state index in [1.54, 1.807) is 6.26 Å². The minimum Gasteiger partial charge on any atom is -0.411 e. The molecule has 5 nitrogen and oxygen atoms in total. The third-order valence-corrected chi connectivity index (χ3v) is 4.24. The van der Waals surface area contributed by atoms with Crippen LogP contribution >= 0.6 is 35.0 Å². The van der Waals surface area contributed by atoms with Crippen LogP contribution in [0.15, 0.2) is 22.2 Å². The number of aromatic nitrogens is 2. The topological polar surface area (TPSA) is 76.4 Å². The lowest BCUT2D eigenvalue weighted by Crippen LogP contribution is -2.08. The average Bonchev–Trinajstić information content (AvgIpc) is 2.74. The molecule has 1 aromatic heterocycles. The number of thioether (sulfide) groups is 1. The lowest BCUT2D eigenvalue weighted by Gasteiger charge is -2.13. The van der Waals surface area contributed by atoms with Crippen molar-refractivity contribution in [2.45, 2.75) is 11.1 Å². The van der Waals surface area contributed by atoms with E-state index in [0.29, 0.717) is 4.90 Å². The van der Waals surface area contributed by atoms with Crippen LogP contribution in [0, 0.1) is 0 Å². The zero-order valence-electron chi connectivity index (χ0n) is 11.4. The third kappa shape index (κ3) is 3.36. The van der Waals surface area contributed by atoms with Gasteiger partial charge in [0.15, 0.2) is 0 Å². The molecule has 0 spiro atoms. The molecule has 23 heavy (non-hydrogen) atoms. The Bertz CT molecular complexity index is 753. The van der Waals surface area contributed by atoms with Crippen molar-refractivity contribution in [2.24, 2.45) is 5.16 Å². The Balaban J connectivity index is 2.68. The minimum atomic E-state index is -4.58. The molecule has 0 aliphatic carbocycles. The Hall–Kier alpha value is -1.58. The Kier molecular flexibility index (Phi) is 5.02. The molecule has 0 atom stereocenters. The molecular weight excluding hydrogens is 376 g/mol. The summed E-state index contributed by atoms with van der Waals surface area (Å²) in [5.74, 6) is 0.107. The number of nitrogen functional groups attached to an aromatic ring is 1. The molecule has 0 saturated carbocycles. The number of anilines is 1. The van der Waals surface area contributed by atoms with Gasteiger partial charge in [0.1, 0.15) is 17.2 Å². The quantitative estimate of drug-likeness (QED) is 0.357. The summed E-state index contributed by atoms with van der Waals surface area (Å²) in [6, 6.07) is 1.48. The minimum absolute atomic E-state index is 0.00623. The van der Waals surface area contributed by atoms with Crippen LogP contribution in [-0.4, -0.2) is 27.5 Å². The molecule has 3 N–H and O–H groups in total. The lowest BCUT2D eigenvalue weighted by molar-refractivity contribution is -0.137. The third-order valence-electron chi connectivity index (χ3n) is 2.84. The van der Waals surface area contributed by atoms with Crippen LogP contribution in [0.5, 0.6) is 0 Å². The molecule has 0 radical (unpaired) electrons. The maximum Gasteiger partial charge on any atom is 0.416 e. The maximum absolute atomic E-state index is 12.8. The molecule has 0 fully saturated rings. The predicted molar refractivity (Wildman–Crippen MR) is 84.2 cm³/mol. The van der Waals surface area contributed by atoms with Gasteiger partial charge in [0.2, 0.25) is 0 Å². The fraction of sp³-hybridized carbons (Fsp3) is 0.167. The molecule has 0 bridgehead atoms. The van der Waals surface area contributed by atoms with E-state index < -0.39 is 11.7 Å². The highest BCUT2D eigenvalue weighted by atomic mass is 35.5. The first kappa shape index (κ1) is 17.8. The molecule has 0 saturated heterocycles. The first-order valence-electron chi connectivity index (χ1n) is 5.87. The van der Waals surface area contributed by atoms with E-state index in [1.165, 1.54) is 11.8 Å². The molecule has 0 amide bonds. The fourth-order valence-electron chi connectivity index (χ4n) is 1.88. The molecular formula is C12H9Cl2F3N4OS. The summed E-state index contributed by atoms with van der Waals surface area (Å²) in [5, 5.41) is 15.0. The van der Waals surface area contributed by atoms with Gasteiger partial charge in [-0.25, -0.2) is 4.68 Å². The Morgan fingerprint density at radius 3 is 2.35 bits per heavy atom. The number of benzene rings is 1. The molecule has 0 unspecified atom stereocenters. The number of rotatable bonds is 3. The molecule has 1 aromatic carbocycles. The number of nitrogens with two attached hydrogens (primary N) is 1. The average molecular weight is 385 g/mol. The number of hydrogen-bond donors (Lipinski definition) is 2. The SMILES string of the molecule is CSc1c(C=NO)nn(-c2c(Cl)cc(C(F)(F)F)cc2Cl)c1N. The molecule has 2 aromatic rings. The van der Waals surface area contributed by atoms with Gasteiger partial charge in [-0.15, -0.1) is 11.8 Å². The molecule has 0 aliphatic heterocycles. The van der Waals surface area contributed by atoms with Crippen molar-refractivity contribution in [1.82, 2.24) is 9.78 Å². The van der Waals surface area contributed by atoms with E-state index in [0.717, 1.165) is 23.0 Å². The van der Waals surface area contributed by atoms with Gasteiger partial charge in [0, 0.05) is 0 Å². The molecule has 124 valence electrons. The van der Waals surface area contributed by atoms with E-state index in [9.17, 15) is 13.2 Å². The zero-order chi connectivity index (χ0) is 17.4. The summed E-state index contributed by atoms with van der Waals surface area (Å²) in [7, 11) is 0. The molecule has 1 heterocycles. The van der Waals surface area contributed by atoms with Crippen LogP contribution in [0.3, 0.4) is 0 Å². The highest BCUT2D eigenvalue weighted by Crippen LogP contribution is 2.39. The maximum atomic E-state index is 12.8. The van der Waals surface area contributed by atoms with Crippen LogP contribution in [0.4, 0.5) is 19.0 Å². The second-order valence-electron chi connectivity index (χ2n) is 4.25. The van der Waals surface area contributed by atoms with Gasteiger partial charge in [-0.3, -0.25) is 0 Å². The summed E-state index contributed by atoms with van der Waals surface area (Å²) >= 11 is 13.1. The number of oxime groups is 1. The van der Waals surface area contributed by atoms with Crippen molar-refractivity contribution >= 4 is 47.0 Å². The van der Waals surface area contributed by atoms with E-state index in [1.807, 2.05) is 0 Å². The largest absolute Gasteiger partial charge is 0.416 e. The Morgan fingerprint density at radius 1 is 1.35 bits per heavy atom. The van der Waals surface area contributed by atoms with E-state index in [4.69, 9.17) is 34.1 Å². The van der Waals surface area contributed by atoms with Gasteiger partial charge in [-0.1, -0.05) is 28.4 Å². The monoisotopic (exact) mass is 384 g/mol. The molecule has 0 aliphatic rings. The van der Waals surface area contributed by atoms with Crippen LogP contribution < -0.4 is 5.73 Å². The standard InChI is InChI=1S/C12H9Cl2F3N4OS/c1-23-10-8(4-19-22)20-21(11(10)18)9-6(13)2-5(3-7(9)14)12(15,16)17/h2-4,22H,18H2,1H3. The number of halogens is 5. The Labute approximate surface area is 142 Å². The summed E-state index contributed by atoms with van der Waals surface area (Å²) in [5.41, 5.74) is 5.19. The highest BCUT2D eigenvalue weighted by Gasteiger charge is 2.32. The van der Waals surface area contributed by atoms with Crippen molar-refractivity contribution in [3.63, 3.8) is 0 Å². The number of alkyl halides is 3. The van der Waals surface area contributed by atoms with Crippen LogP contribution in [0.2, 0.25) is 10.0 Å². The summed E-state index contributed by atoms with van der Waals surface area (Å²) in [6.45, 7) is 0. The van der Waals surface area contributed by atoms with Gasteiger partial charge >= 0.3 is 6.18 Å². The summed E-state index contributed by atoms with van der Waals surface area (Å²) in [4.78, 5) is 0.467. The van der Waals surface area contributed by atoms with Crippen molar-refractivity contribution in [3.05, 3.63) is 33.4 Å². The molecule has 2 rings (SSSR count). The first-order valence-corrected chi connectivity index (χ1v) is 7.85. The summed E-state index contributed by atoms with van der Waals surface area (Å²) in [6.07, 6.45) is -1.83. The fourth-order valence-corrected chi connectivity index (χ4v) is 3.13. The van der Waals surface area contributed by atoms with Crippen molar-refractivity contribution in [1.29, 1.82) is 0 Å². The van der Waals surface area contributed by atoms with Gasteiger partial charge in [0.25, 0.3) is 0 Å². The van der Waals surface area contributed by atoms with Gasteiger partial charge in [-0.2, -0.15) is 18.3 Å². The van der Waals surface area contributed by atoms with E-state index >= 15 is 0 Å². The second-order valence-corrected chi connectivity index (χ2v) is 5.88.